The number of sulfonamides is 1. The predicted molar refractivity (Wildman–Crippen MR) is 78.6 cm³/mol. The van der Waals surface area contributed by atoms with Gasteiger partial charge in [0.1, 0.15) is 0 Å². The molecule has 0 unspecified atom stereocenters. The zero-order valence-electron chi connectivity index (χ0n) is 11.5. The molecule has 1 heterocycles. The lowest BCUT2D eigenvalue weighted by Crippen LogP contribution is -2.34. The van der Waals surface area contributed by atoms with Crippen molar-refractivity contribution in [2.24, 2.45) is 11.7 Å². The van der Waals surface area contributed by atoms with Gasteiger partial charge in [0.2, 0.25) is 10.0 Å². The molecule has 108 valence electrons. The van der Waals surface area contributed by atoms with Crippen LogP contribution >= 0.6 is 11.3 Å². The summed E-state index contributed by atoms with van der Waals surface area (Å²) in [5.74, 6) is 0.513. The first kappa shape index (κ1) is 15.0. The minimum absolute atomic E-state index is 0.213. The topological polar surface area (TPSA) is 63.4 Å². The first-order valence-electron chi connectivity index (χ1n) is 6.74. The van der Waals surface area contributed by atoms with Crippen molar-refractivity contribution in [3.8, 4) is 0 Å². The maximum atomic E-state index is 12.6. The average molecular weight is 302 g/mol. The molecule has 0 saturated heterocycles. The first-order valence-corrected chi connectivity index (χ1v) is 9.06. The monoisotopic (exact) mass is 302 g/mol. The number of thiophene rings is 1. The molecule has 0 aromatic carbocycles. The van der Waals surface area contributed by atoms with Gasteiger partial charge >= 0.3 is 0 Å². The molecule has 0 amide bonds. The Morgan fingerprint density at radius 1 is 1.47 bits per heavy atom. The molecule has 2 N–H and O–H groups in total. The molecule has 1 aromatic heterocycles. The highest BCUT2D eigenvalue weighted by molar-refractivity contribution is 7.89. The van der Waals surface area contributed by atoms with Crippen molar-refractivity contribution in [2.45, 2.75) is 50.6 Å². The van der Waals surface area contributed by atoms with Crippen LogP contribution in [0.15, 0.2) is 16.3 Å². The van der Waals surface area contributed by atoms with E-state index in [2.05, 4.69) is 13.8 Å². The van der Waals surface area contributed by atoms with Gasteiger partial charge in [0.15, 0.2) is 0 Å². The highest BCUT2D eigenvalue weighted by atomic mass is 32.2. The van der Waals surface area contributed by atoms with E-state index in [4.69, 9.17) is 5.73 Å². The minimum Gasteiger partial charge on any atom is -0.326 e. The summed E-state index contributed by atoms with van der Waals surface area (Å²) in [6.07, 6.45) is 2.89. The Morgan fingerprint density at radius 3 is 2.63 bits per heavy atom. The standard InChI is InChI=1S/C13H22N2O2S2/c1-10(2)5-6-15(11-3-4-11)19(16,17)13-7-12(8-14)18-9-13/h7,9-11H,3-6,8,14H2,1-2H3. The van der Waals surface area contributed by atoms with E-state index in [-0.39, 0.29) is 6.04 Å². The molecule has 1 aliphatic rings. The molecule has 0 bridgehead atoms. The largest absolute Gasteiger partial charge is 0.326 e. The van der Waals surface area contributed by atoms with Gasteiger partial charge in [-0.25, -0.2) is 8.42 Å². The number of hydrogen-bond donors (Lipinski definition) is 1. The van der Waals surface area contributed by atoms with Crippen molar-refractivity contribution >= 4 is 21.4 Å². The van der Waals surface area contributed by atoms with Gasteiger partial charge in [0.05, 0.1) is 4.90 Å². The fraction of sp³-hybridized carbons (Fsp3) is 0.692. The summed E-state index contributed by atoms with van der Waals surface area (Å²) in [4.78, 5) is 1.33. The zero-order chi connectivity index (χ0) is 14.0. The number of hydrogen-bond acceptors (Lipinski definition) is 4. The Kier molecular flexibility index (Phi) is 4.66. The second kappa shape index (κ2) is 5.91. The second-order valence-electron chi connectivity index (χ2n) is 5.48. The van der Waals surface area contributed by atoms with Crippen molar-refractivity contribution in [3.63, 3.8) is 0 Å². The van der Waals surface area contributed by atoms with Gasteiger partial charge in [0.25, 0.3) is 0 Å². The molecule has 4 nitrogen and oxygen atoms in total. The van der Waals surface area contributed by atoms with E-state index in [0.717, 1.165) is 24.1 Å². The molecule has 1 aliphatic carbocycles. The van der Waals surface area contributed by atoms with Gasteiger partial charge in [-0.2, -0.15) is 4.31 Å². The SMILES string of the molecule is CC(C)CCN(C1CC1)S(=O)(=O)c1csc(CN)c1. The van der Waals surface area contributed by atoms with Gasteiger partial charge in [-0.15, -0.1) is 11.3 Å². The van der Waals surface area contributed by atoms with Crippen LogP contribution in [0.2, 0.25) is 0 Å². The van der Waals surface area contributed by atoms with Crippen LogP contribution in [-0.2, 0) is 16.6 Å². The smallest absolute Gasteiger partial charge is 0.244 e. The van der Waals surface area contributed by atoms with Crippen LogP contribution < -0.4 is 5.73 Å². The molecule has 0 radical (unpaired) electrons. The van der Waals surface area contributed by atoms with Crippen molar-refractivity contribution in [1.82, 2.24) is 4.31 Å². The normalized spacial score (nSPS) is 16.5. The minimum atomic E-state index is -3.33. The Hall–Kier alpha value is -0.430. The molecule has 0 spiro atoms. The molecule has 19 heavy (non-hydrogen) atoms. The molecule has 0 atom stereocenters. The van der Waals surface area contributed by atoms with E-state index in [1.54, 1.807) is 15.8 Å². The fourth-order valence-electron chi connectivity index (χ4n) is 1.99. The summed E-state index contributed by atoms with van der Waals surface area (Å²) in [6, 6.07) is 1.93. The van der Waals surface area contributed by atoms with Gasteiger partial charge in [-0.1, -0.05) is 13.8 Å². The van der Waals surface area contributed by atoms with E-state index in [9.17, 15) is 8.42 Å². The van der Waals surface area contributed by atoms with Crippen LogP contribution in [0, 0.1) is 5.92 Å². The molecule has 2 rings (SSSR count). The highest BCUT2D eigenvalue weighted by Gasteiger charge is 2.38. The van der Waals surface area contributed by atoms with E-state index in [1.807, 2.05) is 0 Å². The van der Waals surface area contributed by atoms with E-state index in [0.29, 0.717) is 23.9 Å². The molecule has 1 saturated carbocycles. The summed E-state index contributed by atoms with van der Waals surface area (Å²) in [5.41, 5.74) is 5.56. The van der Waals surface area contributed by atoms with Crippen LogP contribution in [0.25, 0.3) is 0 Å². The lowest BCUT2D eigenvalue weighted by Gasteiger charge is -2.22. The Bertz CT molecular complexity index is 519. The van der Waals surface area contributed by atoms with Crippen LogP contribution in [-0.4, -0.2) is 25.3 Å². The Labute approximate surface area is 119 Å². The number of rotatable bonds is 7. The second-order valence-corrected chi connectivity index (χ2v) is 8.37. The molecule has 0 aliphatic heterocycles. The number of nitrogens with two attached hydrogens (primary N) is 1. The summed E-state index contributed by atoms with van der Waals surface area (Å²) < 4.78 is 27.0. The average Bonchev–Trinajstić information content (AvgIpc) is 3.05. The highest BCUT2D eigenvalue weighted by Crippen LogP contribution is 2.33. The van der Waals surface area contributed by atoms with Crippen molar-refractivity contribution in [2.75, 3.05) is 6.54 Å². The van der Waals surface area contributed by atoms with Gasteiger partial charge in [-0.3, -0.25) is 0 Å². The van der Waals surface area contributed by atoms with Gasteiger partial charge in [0, 0.05) is 29.4 Å². The van der Waals surface area contributed by atoms with Crippen molar-refractivity contribution in [3.05, 3.63) is 16.3 Å². The Balaban J connectivity index is 2.18. The lowest BCUT2D eigenvalue weighted by molar-refractivity contribution is 0.373. The lowest BCUT2D eigenvalue weighted by atomic mass is 10.1. The summed E-state index contributed by atoms with van der Waals surface area (Å²) in [5, 5.41) is 1.71. The van der Waals surface area contributed by atoms with Crippen LogP contribution in [0.1, 0.15) is 38.0 Å². The van der Waals surface area contributed by atoms with Crippen LogP contribution in [0.5, 0.6) is 0 Å². The van der Waals surface area contributed by atoms with Crippen LogP contribution in [0.4, 0.5) is 0 Å². The fourth-order valence-corrected chi connectivity index (χ4v) is 4.83. The van der Waals surface area contributed by atoms with E-state index in [1.165, 1.54) is 11.3 Å². The van der Waals surface area contributed by atoms with Crippen molar-refractivity contribution < 1.29 is 8.42 Å². The summed E-state index contributed by atoms with van der Waals surface area (Å²) >= 11 is 1.42. The third-order valence-corrected chi connectivity index (χ3v) is 6.36. The third-order valence-electron chi connectivity index (χ3n) is 3.32. The summed E-state index contributed by atoms with van der Waals surface area (Å²) in [6.45, 7) is 5.26. The van der Waals surface area contributed by atoms with Gasteiger partial charge < -0.3 is 5.73 Å². The molecule has 6 heteroatoms. The molecular formula is C13H22N2O2S2. The Morgan fingerprint density at radius 2 is 2.16 bits per heavy atom. The molecular weight excluding hydrogens is 280 g/mol. The zero-order valence-corrected chi connectivity index (χ0v) is 13.1. The maximum absolute atomic E-state index is 12.6. The van der Waals surface area contributed by atoms with Gasteiger partial charge in [-0.05, 0) is 31.2 Å². The van der Waals surface area contributed by atoms with Crippen molar-refractivity contribution in [1.29, 1.82) is 0 Å². The van der Waals surface area contributed by atoms with E-state index < -0.39 is 10.0 Å². The number of nitrogens with zero attached hydrogens (tertiary/aromatic N) is 1. The third kappa shape index (κ3) is 3.56. The quantitative estimate of drug-likeness (QED) is 0.841. The maximum Gasteiger partial charge on any atom is 0.244 e. The predicted octanol–water partition coefficient (Wildman–Crippen LogP) is 2.41. The first-order chi connectivity index (χ1) is 8.95. The van der Waals surface area contributed by atoms with Crippen LogP contribution in [0.3, 0.4) is 0 Å². The molecule has 1 fully saturated rings. The molecule has 1 aromatic rings. The summed E-state index contributed by atoms with van der Waals surface area (Å²) in [7, 11) is -3.33. The van der Waals surface area contributed by atoms with E-state index >= 15 is 0 Å².